The molecule has 2 aromatic heterocycles. The molecule has 0 N–H and O–H groups in total. The van der Waals surface area contributed by atoms with E-state index in [0.29, 0.717) is 9.75 Å². The Morgan fingerprint density at radius 1 is 0.359 bits per heavy atom. The highest BCUT2D eigenvalue weighted by Gasteiger charge is 2.52. The Morgan fingerprint density at radius 3 is 0.734 bits per heavy atom. The summed E-state index contributed by atoms with van der Waals surface area (Å²) in [7, 11) is 2.75. The van der Waals surface area contributed by atoms with Crippen molar-refractivity contribution in [1.82, 2.24) is 0 Å². The lowest BCUT2D eigenvalue weighted by Crippen LogP contribution is -3.61. The maximum absolute atomic E-state index is 15.4. The summed E-state index contributed by atoms with van der Waals surface area (Å²) in [6, 6.07) is 7.45. The monoisotopic (exact) mass is 1090 g/mol. The normalized spacial score (nSPS) is 11.5. The van der Waals surface area contributed by atoms with E-state index in [1.165, 1.54) is 36.9 Å². The maximum atomic E-state index is 15.4. The first-order valence-corrected chi connectivity index (χ1v) is 19.9. The maximum Gasteiger partial charge on any atom is 0.381 e. The van der Waals surface area contributed by atoms with Gasteiger partial charge < -0.3 is 9.47 Å². The number of benzene rings is 4. The number of rotatable bonds is 8. The minimum atomic E-state index is -7.22. The van der Waals surface area contributed by atoms with Gasteiger partial charge in [0.15, 0.2) is 69.8 Å². The molecule has 6 rings (SSSR count). The summed E-state index contributed by atoms with van der Waals surface area (Å²) in [5.41, 5.74) is -14.3. The van der Waals surface area contributed by atoms with Gasteiger partial charge in [-0.25, -0.2) is 97.4 Å². The molecule has 0 bridgehead atoms. The third-order valence-corrected chi connectivity index (χ3v) is 14.7. The molecular weight excluding hydrogens is 1080 g/mol. The molecule has 0 aliphatic carbocycles. The number of thiophene rings is 2. The van der Waals surface area contributed by atoms with Crippen LogP contribution in [0.15, 0.2) is 24.3 Å². The Kier molecular flexibility index (Phi) is 14.4. The summed E-state index contributed by atoms with van der Waals surface area (Å²) in [5.74, 6) is -72.0. The van der Waals surface area contributed by atoms with Crippen LogP contribution < -0.4 is 43.1 Å². The molecule has 2 heterocycles. The third-order valence-electron chi connectivity index (χ3n) is 8.81. The number of carbonyl (C=O) groups excluding carboxylic acids is 2. The highest BCUT2D eigenvalue weighted by Crippen LogP contribution is 2.31. The van der Waals surface area contributed by atoms with Crippen molar-refractivity contribution in [3.63, 3.8) is 0 Å². The van der Waals surface area contributed by atoms with Crippen LogP contribution in [0.3, 0.4) is 0 Å². The predicted molar refractivity (Wildman–Crippen MR) is 178 cm³/mol. The van der Waals surface area contributed by atoms with E-state index in [1.54, 1.807) is 12.1 Å². The number of hydrogen-bond donors (Lipinski definition) is 0. The summed E-state index contributed by atoms with van der Waals surface area (Å²) in [4.78, 5) is 23.9. The second-order valence-corrected chi connectivity index (χ2v) is 18.6. The van der Waals surface area contributed by atoms with Crippen molar-refractivity contribution in [2.45, 2.75) is 0 Å². The molecule has 0 aliphatic rings. The standard InChI is InChI=1S/C24BF20.C12H10IO4S2/c26-5-1(6(27)14(35)21(42)13(5)34)25(2-7(28)15(36)22(43)16(37)8(2)29,3-9(30)17(38)23(44)18(39)10(3)31)4-11(32)19(40)24(45)20(41)12(4)33;1-16-11(14)7-3-5-9(18-7)13-10-6-4-8(19-10)12(15)17-2/h;3-6H,1-2H3/q-1;+1. The van der Waals surface area contributed by atoms with Crippen LogP contribution in [0, 0.1) is 122 Å². The van der Waals surface area contributed by atoms with Crippen molar-refractivity contribution in [3.05, 3.63) is 156 Å². The zero-order valence-corrected chi connectivity index (χ0v) is 34.1. The van der Waals surface area contributed by atoms with E-state index in [4.69, 9.17) is 0 Å². The van der Waals surface area contributed by atoms with Crippen molar-refractivity contribution in [2.24, 2.45) is 0 Å². The van der Waals surface area contributed by atoms with E-state index in [0.717, 1.165) is 5.77 Å². The molecule has 0 saturated heterocycles. The highest BCUT2D eigenvalue weighted by atomic mass is 127. The van der Waals surface area contributed by atoms with Crippen LogP contribution in [0.5, 0.6) is 0 Å². The minimum absolute atomic E-state index is 0.304. The molecule has 6 aromatic rings. The van der Waals surface area contributed by atoms with Gasteiger partial charge in [0.25, 0.3) is 0 Å². The summed E-state index contributed by atoms with van der Waals surface area (Å²) in [6.45, 7) is 0. The fourth-order valence-electron chi connectivity index (χ4n) is 6.12. The molecule has 28 heteroatoms. The van der Waals surface area contributed by atoms with Crippen molar-refractivity contribution in [1.29, 1.82) is 0 Å². The fourth-order valence-corrected chi connectivity index (χ4v) is 12.3. The molecule has 0 saturated carbocycles. The van der Waals surface area contributed by atoms with Gasteiger partial charge in [0.2, 0.25) is 5.77 Å². The lowest BCUT2D eigenvalue weighted by molar-refractivity contribution is -0.585. The summed E-state index contributed by atoms with van der Waals surface area (Å²) in [6.07, 6.45) is -7.22. The van der Waals surface area contributed by atoms with E-state index in [-0.39, 0.29) is 33.1 Å². The number of esters is 2. The summed E-state index contributed by atoms with van der Waals surface area (Å²) < 4.78 is 306. The van der Waals surface area contributed by atoms with Gasteiger partial charge in [0, 0.05) is 12.1 Å². The van der Waals surface area contributed by atoms with Crippen LogP contribution in [0.2, 0.25) is 0 Å². The zero-order valence-electron chi connectivity index (χ0n) is 30.3. The molecule has 0 spiro atoms. The first-order chi connectivity index (χ1) is 29.8. The van der Waals surface area contributed by atoms with Crippen LogP contribution in [0.1, 0.15) is 19.3 Å². The zero-order chi connectivity index (χ0) is 48.2. The van der Waals surface area contributed by atoms with Crippen LogP contribution >= 0.6 is 22.7 Å². The van der Waals surface area contributed by atoms with Gasteiger partial charge in [-0.2, -0.15) is 0 Å². The number of methoxy groups -OCH3 is 2. The van der Waals surface area contributed by atoms with Crippen LogP contribution in [0.25, 0.3) is 0 Å². The molecule has 4 nitrogen and oxygen atoms in total. The van der Waals surface area contributed by atoms with Gasteiger partial charge in [-0.1, -0.05) is 22.7 Å². The smallest absolute Gasteiger partial charge is 0.381 e. The average molecular weight is 1090 g/mol. The molecule has 4 aromatic carbocycles. The second kappa shape index (κ2) is 18.6. The molecule has 0 amide bonds. The first-order valence-electron chi connectivity index (χ1n) is 16.1. The van der Waals surface area contributed by atoms with Crippen LogP contribution in [-0.2, 0) is 9.47 Å². The quantitative estimate of drug-likeness (QED) is 0.0516. The van der Waals surface area contributed by atoms with E-state index < -0.39 is 144 Å². The lowest BCUT2D eigenvalue weighted by atomic mass is 9.12. The molecule has 0 aliphatic heterocycles. The van der Waals surface area contributed by atoms with Crippen molar-refractivity contribution in [3.8, 4) is 0 Å². The Bertz CT molecular complexity index is 2470. The third kappa shape index (κ3) is 7.93. The van der Waals surface area contributed by atoms with Crippen molar-refractivity contribution in [2.75, 3.05) is 14.2 Å². The topological polar surface area (TPSA) is 52.6 Å². The molecule has 64 heavy (non-hydrogen) atoms. The minimum Gasteiger partial charge on any atom is -0.465 e. The summed E-state index contributed by atoms with van der Waals surface area (Å²) in [5, 5.41) is 0. The predicted octanol–water partition coefficient (Wildman–Crippen LogP) is 5.36. The van der Waals surface area contributed by atoms with Gasteiger partial charge >= 0.3 is 33.1 Å². The average Bonchev–Trinajstić information content (AvgIpc) is 3.96. The summed E-state index contributed by atoms with van der Waals surface area (Å²) >= 11 is 2.53. The van der Waals surface area contributed by atoms with Crippen molar-refractivity contribution < 1.29 is 128 Å². The van der Waals surface area contributed by atoms with Gasteiger partial charge in [-0.15, -0.1) is 21.9 Å². The number of hydrogen-bond acceptors (Lipinski definition) is 6. The molecule has 0 unspecified atom stereocenters. The molecule has 0 atom stereocenters. The Labute approximate surface area is 359 Å². The highest BCUT2D eigenvalue weighted by molar-refractivity contribution is 7.20. The van der Waals surface area contributed by atoms with E-state index in [1.807, 2.05) is 12.1 Å². The molecule has 0 radical (unpaired) electrons. The largest absolute Gasteiger partial charge is 0.465 e. The Morgan fingerprint density at radius 2 is 0.547 bits per heavy atom. The first kappa shape index (κ1) is 49.6. The molecular formula is C36H10BF20IO4S2. The fraction of sp³-hybridized carbons (Fsp3) is 0.0556. The lowest BCUT2D eigenvalue weighted by Gasteiger charge is -2.44. The Balaban J connectivity index is 0.000000337. The number of halogens is 21. The van der Waals surface area contributed by atoms with E-state index in [2.05, 4.69) is 9.47 Å². The van der Waals surface area contributed by atoms with Crippen LogP contribution in [0.4, 0.5) is 87.8 Å². The SMILES string of the molecule is COC(=O)c1ccc([I+]c2ccc(C(=O)OC)s2)s1.Fc1c(F)c(F)c([B-](c2c(F)c(F)c(F)c(F)c2F)(c2c(F)c(F)c(F)c(F)c2F)c2c(F)c(F)c(F)c(F)c2F)c(F)c1F. The number of carbonyl (C=O) groups is 2. The van der Waals surface area contributed by atoms with Gasteiger partial charge in [0.05, 0.1) is 14.2 Å². The van der Waals surface area contributed by atoms with Crippen LogP contribution in [-0.4, -0.2) is 32.3 Å². The van der Waals surface area contributed by atoms with Gasteiger partial charge in [0.1, 0.15) is 62.4 Å². The molecule has 340 valence electrons. The van der Waals surface area contributed by atoms with E-state index in [9.17, 15) is 62.3 Å². The van der Waals surface area contributed by atoms with Gasteiger partial charge in [-0.05, 0) is 12.1 Å². The van der Waals surface area contributed by atoms with Crippen molar-refractivity contribution >= 4 is 62.6 Å². The number of ether oxygens (including phenoxy) is 2. The Hall–Kier alpha value is -5.39. The van der Waals surface area contributed by atoms with E-state index >= 15 is 35.1 Å². The van der Waals surface area contributed by atoms with Gasteiger partial charge in [-0.3, -0.25) is 0 Å². The second-order valence-electron chi connectivity index (χ2n) is 12.1. The molecule has 0 fully saturated rings.